The Balaban J connectivity index is 1.57. The average molecular weight is 392 g/mol. The molecule has 1 amide bonds. The topological polar surface area (TPSA) is 41.6 Å². The van der Waals surface area contributed by atoms with Gasteiger partial charge < -0.3 is 10.1 Å². The third-order valence-electron chi connectivity index (χ3n) is 4.64. The predicted molar refractivity (Wildman–Crippen MR) is 100 cm³/mol. The summed E-state index contributed by atoms with van der Waals surface area (Å²) in [5.41, 5.74) is 2.42. The van der Waals surface area contributed by atoms with Crippen molar-refractivity contribution < 1.29 is 22.7 Å². The van der Waals surface area contributed by atoms with E-state index in [1.54, 1.807) is 23.1 Å². The van der Waals surface area contributed by atoms with Crippen molar-refractivity contribution >= 4 is 5.91 Å². The second kappa shape index (κ2) is 9.10. The Kier molecular flexibility index (Phi) is 6.57. The van der Waals surface area contributed by atoms with Gasteiger partial charge in [-0.3, -0.25) is 9.69 Å². The van der Waals surface area contributed by atoms with Gasteiger partial charge in [0.1, 0.15) is 12.4 Å². The molecule has 0 saturated carbocycles. The highest BCUT2D eigenvalue weighted by atomic mass is 19.4. The van der Waals surface area contributed by atoms with E-state index in [1.165, 1.54) is 0 Å². The maximum Gasteiger partial charge on any atom is 0.390 e. The fourth-order valence-corrected chi connectivity index (χ4v) is 3.11. The fraction of sp³-hybridized carbons (Fsp3) is 0.381. The van der Waals surface area contributed by atoms with Crippen LogP contribution in [-0.4, -0.2) is 43.2 Å². The van der Waals surface area contributed by atoms with Gasteiger partial charge >= 0.3 is 6.18 Å². The number of benzene rings is 2. The number of fused-ring (bicyclic) bond motifs is 1. The van der Waals surface area contributed by atoms with Crippen LogP contribution in [0.15, 0.2) is 48.5 Å². The van der Waals surface area contributed by atoms with Gasteiger partial charge in [-0.25, -0.2) is 0 Å². The standard InChI is InChI=1S/C21H23F3N2O2/c22-21(23,24)9-11-26-12-13-28-19-14-17(6-7-18(19)15-26)20(27)25-10-8-16-4-2-1-3-5-16/h1-7,14H,8-13,15H2,(H,25,27). The van der Waals surface area contributed by atoms with Crippen LogP contribution in [0.3, 0.4) is 0 Å². The second-order valence-corrected chi connectivity index (χ2v) is 6.80. The number of nitrogens with one attached hydrogen (secondary N) is 1. The molecule has 0 atom stereocenters. The van der Waals surface area contributed by atoms with Crippen LogP contribution in [0, 0.1) is 0 Å². The highest BCUT2D eigenvalue weighted by Crippen LogP contribution is 2.26. The van der Waals surface area contributed by atoms with E-state index in [-0.39, 0.29) is 12.5 Å². The molecule has 0 bridgehead atoms. The third kappa shape index (κ3) is 5.99. The normalized spacial score (nSPS) is 14.7. The molecule has 2 aromatic carbocycles. The molecule has 0 fully saturated rings. The first-order valence-electron chi connectivity index (χ1n) is 9.28. The maximum absolute atomic E-state index is 12.5. The Morgan fingerprint density at radius 3 is 2.68 bits per heavy atom. The van der Waals surface area contributed by atoms with Gasteiger partial charge in [0.15, 0.2) is 0 Å². The molecule has 0 radical (unpaired) electrons. The average Bonchev–Trinajstić information content (AvgIpc) is 2.88. The van der Waals surface area contributed by atoms with Gasteiger partial charge in [0.05, 0.1) is 6.42 Å². The van der Waals surface area contributed by atoms with Gasteiger partial charge in [-0.05, 0) is 24.1 Å². The van der Waals surface area contributed by atoms with E-state index < -0.39 is 12.6 Å². The third-order valence-corrected chi connectivity index (χ3v) is 4.64. The van der Waals surface area contributed by atoms with E-state index in [4.69, 9.17) is 4.74 Å². The number of alkyl halides is 3. The van der Waals surface area contributed by atoms with Crippen molar-refractivity contribution in [2.75, 3.05) is 26.2 Å². The number of amides is 1. The molecule has 1 N–H and O–H groups in total. The molecular weight excluding hydrogens is 369 g/mol. The highest BCUT2D eigenvalue weighted by molar-refractivity contribution is 5.94. The lowest BCUT2D eigenvalue weighted by atomic mass is 10.1. The molecule has 4 nitrogen and oxygen atoms in total. The molecule has 28 heavy (non-hydrogen) atoms. The summed E-state index contributed by atoms with van der Waals surface area (Å²) in [7, 11) is 0. The van der Waals surface area contributed by atoms with Gasteiger partial charge in [-0.1, -0.05) is 36.4 Å². The molecule has 0 unspecified atom stereocenters. The molecule has 2 aromatic rings. The van der Waals surface area contributed by atoms with Crippen molar-refractivity contribution in [1.82, 2.24) is 10.2 Å². The summed E-state index contributed by atoms with van der Waals surface area (Å²) >= 11 is 0. The molecule has 0 aliphatic carbocycles. The number of ether oxygens (including phenoxy) is 1. The molecule has 1 aliphatic heterocycles. The van der Waals surface area contributed by atoms with Crippen molar-refractivity contribution in [2.24, 2.45) is 0 Å². The van der Waals surface area contributed by atoms with Crippen LogP contribution in [-0.2, 0) is 13.0 Å². The van der Waals surface area contributed by atoms with Crippen molar-refractivity contribution in [1.29, 1.82) is 0 Å². The van der Waals surface area contributed by atoms with Crippen molar-refractivity contribution in [2.45, 2.75) is 25.6 Å². The molecule has 0 saturated heterocycles. The number of halogens is 3. The van der Waals surface area contributed by atoms with Gasteiger partial charge in [0, 0.05) is 37.3 Å². The first-order chi connectivity index (χ1) is 13.4. The van der Waals surface area contributed by atoms with Gasteiger partial charge in [0.25, 0.3) is 5.91 Å². The number of carbonyl (C=O) groups is 1. The summed E-state index contributed by atoms with van der Waals surface area (Å²) < 4.78 is 43.0. The number of hydrogen-bond acceptors (Lipinski definition) is 3. The monoisotopic (exact) mass is 392 g/mol. The minimum absolute atomic E-state index is 0.0615. The summed E-state index contributed by atoms with van der Waals surface area (Å²) in [6, 6.07) is 15.0. The molecule has 0 aromatic heterocycles. The van der Waals surface area contributed by atoms with Gasteiger partial charge in [0.2, 0.25) is 0 Å². The lowest BCUT2D eigenvalue weighted by Crippen LogP contribution is -2.29. The first-order valence-corrected chi connectivity index (χ1v) is 9.28. The van der Waals surface area contributed by atoms with Crippen molar-refractivity contribution in [3.63, 3.8) is 0 Å². The minimum Gasteiger partial charge on any atom is -0.492 e. The van der Waals surface area contributed by atoms with Crippen LogP contribution in [0.4, 0.5) is 13.2 Å². The Hall–Kier alpha value is -2.54. The van der Waals surface area contributed by atoms with Crippen LogP contribution in [0.25, 0.3) is 0 Å². The summed E-state index contributed by atoms with van der Waals surface area (Å²) in [6.07, 6.45) is -4.27. The Bertz CT molecular complexity index is 794. The van der Waals surface area contributed by atoms with E-state index >= 15 is 0 Å². The van der Waals surface area contributed by atoms with Crippen molar-refractivity contribution in [3.8, 4) is 5.75 Å². The van der Waals surface area contributed by atoms with Crippen LogP contribution in [0.2, 0.25) is 0 Å². The summed E-state index contributed by atoms with van der Waals surface area (Å²) in [6.45, 7) is 1.55. The van der Waals surface area contributed by atoms with Crippen LogP contribution >= 0.6 is 0 Å². The molecule has 1 heterocycles. The molecule has 3 rings (SSSR count). The number of carbonyl (C=O) groups excluding carboxylic acids is 1. The zero-order valence-corrected chi connectivity index (χ0v) is 15.5. The molecule has 1 aliphatic rings. The molecular formula is C21H23F3N2O2. The summed E-state index contributed by atoms with van der Waals surface area (Å²) in [5.74, 6) is 0.366. The Labute approximate surface area is 162 Å². The second-order valence-electron chi connectivity index (χ2n) is 6.80. The number of nitrogens with zero attached hydrogens (tertiary/aromatic N) is 1. The smallest absolute Gasteiger partial charge is 0.390 e. The molecule has 150 valence electrons. The van der Waals surface area contributed by atoms with Crippen molar-refractivity contribution in [3.05, 3.63) is 65.2 Å². The predicted octanol–water partition coefficient (Wildman–Crippen LogP) is 3.81. The minimum atomic E-state index is -4.17. The van der Waals surface area contributed by atoms with E-state index in [0.29, 0.717) is 37.6 Å². The molecule has 0 spiro atoms. The Morgan fingerprint density at radius 1 is 1.14 bits per heavy atom. The first kappa shape index (κ1) is 20.2. The SMILES string of the molecule is O=C(NCCc1ccccc1)c1ccc2c(c1)OCCN(CCC(F)(F)F)C2. The van der Waals surface area contributed by atoms with E-state index in [9.17, 15) is 18.0 Å². The van der Waals surface area contributed by atoms with E-state index in [0.717, 1.165) is 17.5 Å². The van der Waals surface area contributed by atoms with Gasteiger partial charge in [-0.2, -0.15) is 13.2 Å². The van der Waals surface area contributed by atoms with Gasteiger partial charge in [-0.15, -0.1) is 0 Å². The lowest BCUT2D eigenvalue weighted by Gasteiger charge is -2.20. The fourth-order valence-electron chi connectivity index (χ4n) is 3.11. The highest BCUT2D eigenvalue weighted by Gasteiger charge is 2.28. The zero-order valence-electron chi connectivity index (χ0n) is 15.5. The summed E-state index contributed by atoms with van der Waals surface area (Å²) in [5, 5.41) is 2.89. The Morgan fingerprint density at radius 2 is 1.93 bits per heavy atom. The maximum atomic E-state index is 12.5. The lowest BCUT2D eigenvalue weighted by molar-refractivity contribution is -0.138. The van der Waals surface area contributed by atoms with E-state index in [1.807, 2.05) is 30.3 Å². The van der Waals surface area contributed by atoms with Crippen LogP contribution < -0.4 is 10.1 Å². The quantitative estimate of drug-likeness (QED) is 0.813. The van der Waals surface area contributed by atoms with Crippen LogP contribution in [0.1, 0.15) is 27.9 Å². The summed E-state index contributed by atoms with van der Waals surface area (Å²) in [4.78, 5) is 14.1. The number of rotatable bonds is 6. The zero-order chi connectivity index (χ0) is 20.0. The van der Waals surface area contributed by atoms with E-state index in [2.05, 4.69) is 5.32 Å². The van der Waals surface area contributed by atoms with Crippen LogP contribution in [0.5, 0.6) is 5.75 Å². The number of hydrogen-bond donors (Lipinski definition) is 1. The molecule has 7 heteroatoms. The largest absolute Gasteiger partial charge is 0.492 e.